The molecule has 1 saturated heterocycles. The Kier molecular flexibility index (Phi) is 5.46. The van der Waals surface area contributed by atoms with E-state index in [1.165, 1.54) is 51.6 Å². The molecule has 0 unspecified atom stereocenters. The molecule has 3 heteroatoms. The molecule has 2 atom stereocenters. The lowest BCUT2D eigenvalue weighted by molar-refractivity contribution is 0.0863. The molecule has 2 aliphatic rings. The van der Waals surface area contributed by atoms with Crippen molar-refractivity contribution in [3.8, 4) is 0 Å². The van der Waals surface area contributed by atoms with E-state index in [-0.39, 0.29) is 0 Å². The Morgan fingerprint density at radius 1 is 1.06 bits per heavy atom. The van der Waals surface area contributed by atoms with E-state index in [0.717, 1.165) is 12.1 Å². The van der Waals surface area contributed by atoms with Crippen LogP contribution < -0.4 is 10.6 Å². The van der Waals surface area contributed by atoms with Crippen LogP contribution in [0.3, 0.4) is 0 Å². The van der Waals surface area contributed by atoms with Crippen LogP contribution in [0.4, 0.5) is 0 Å². The first kappa shape index (κ1) is 14.3. The van der Waals surface area contributed by atoms with Crippen molar-refractivity contribution in [2.45, 2.75) is 76.5 Å². The predicted octanol–water partition coefficient (Wildman–Crippen LogP) is 1.98. The van der Waals surface area contributed by atoms with Gasteiger partial charge in [0.25, 0.3) is 0 Å². The van der Waals surface area contributed by atoms with E-state index in [2.05, 4.69) is 36.4 Å². The molecule has 0 aromatic carbocycles. The molecule has 0 aromatic heterocycles. The van der Waals surface area contributed by atoms with Gasteiger partial charge in [0.2, 0.25) is 0 Å². The molecule has 3 nitrogen and oxygen atoms in total. The fourth-order valence-corrected chi connectivity index (χ4v) is 3.71. The molecule has 0 radical (unpaired) electrons. The van der Waals surface area contributed by atoms with E-state index >= 15 is 0 Å². The molecule has 2 rings (SSSR count). The molecule has 0 amide bonds. The summed E-state index contributed by atoms with van der Waals surface area (Å²) in [6.07, 6.45) is 8.20. The third-order valence-electron chi connectivity index (χ3n) is 4.68. The van der Waals surface area contributed by atoms with Gasteiger partial charge < -0.3 is 10.6 Å². The molecule has 1 aliphatic heterocycles. The van der Waals surface area contributed by atoms with Gasteiger partial charge in [0.05, 0.1) is 0 Å². The molecule has 1 aliphatic carbocycles. The topological polar surface area (TPSA) is 27.3 Å². The quantitative estimate of drug-likeness (QED) is 0.802. The van der Waals surface area contributed by atoms with Crippen molar-refractivity contribution in [2.75, 3.05) is 20.1 Å². The van der Waals surface area contributed by atoms with Crippen LogP contribution in [-0.4, -0.2) is 49.2 Å². The van der Waals surface area contributed by atoms with E-state index in [9.17, 15) is 0 Å². The smallest absolute Gasteiger partial charge is 0.0249 e. The molecule has 0 spiro atoms. The Labute approximate surface area is 113 Å². The summed E-state index contributed by atoms with van der Waals surface area (Å²) in [5.74, 6) is 0. The standard InChI is InChI=1S/C15H31N3/c1-12(2)17-14-6-4-5-7-15(14)18(3)13-8-10-16-11-9-13/h12-17H,4-11H2,1-3H3/t14-,15-/m0/s1. The van der Waals surface area contributed by atoms with Crippen molar-refractivity contribution < 1.29 is 0 Å². The van der Waals surface area contributed by atoms with Gasteiger partial charge in [-0.05, 0) is 45.8 Å². The summed E-state index contributed by atoms with van der Waals surface area (Å²) in [4.78, 5) is 2.69. The van der Waals surface area contributed by atoms with E-state index in [1.54, 1.807) is 0 Å². The minimum atomic E-state index is 0.608. The second kappa shape index (κ2) is 6.88. The van der Waals surface area contributed by atoms with Crippen LogP contribution in [-0.2, 0) is 0 Å². The number of rotatable bonds is 4. The first-order valence-corrected chi connectivity index (χ1v) is 7.87. The zero-order valence-electron chi connectivity index (χ0n) is 12.4. The van der Waals surface area contributed by atoms with Gasteiger partial charge in [-0.15, -0.1) is 0 Å². The molecule has 0 aromatic rings. The summed E-state index contributed by atoms with van der Waals surface area (Å²) >= 11 is 0. The zero-order valence-corrected chi connectivity index (χ0v) is 12.4. The largest absolute Gasteiger partial charge is 0.317 e. The fourth-order valence-electron chi connectivity index (χ4n) is 3.71. The number of nitrogens with one attached hydrogen (secondary N) is 2. The van der Waals surface area contributed by atoms with Gasteiger partial charge in [0, 0.05) is 24.2 Å². The van der Waals surface area contributed by atoms with E-state index in [4.69, 9.17) is 0 Å². The van der Waals surface area contributed by atoms with Gasteiger partial charge in [-0.3, -0.25) is 4.90 Å². The summed E-state index contributed by atoms with van der Waals surface area (Å²) < 4.78 is 0. The molecule has 1 heterocycles. The maximum absolute atomic E-state index is 3.79. The molecule has 18 heavy (non-hydrogen) atoms. The summed E-state index contributed by atoms with van der Waals surface area (Å²) in [7, 11) is 2.36. The van der Waals surface area contributed by atoms with E-state index in [1.807, 2.05) is 0 Å². The molecule has 0 bridgehead atoms. The molecule has 2 N–H and O–H groups in total. The Hall–Kier alpha value is -0.120. The van der Waals surface area contributed by atoms with Gasteiger partial charge >= 0.3 is 0 Å². The third-order valence-corrected chi connectivity index (χ3v) is 4.68. The molecular formula is C15H31N3. The van der Waals surface area contributed by atoms with Gasteiger partial charge in [-0.2, -0.15) is 0 Å². The van der Waals surface area contributed by atoms with Gasteiger partial charge in [-0.25, -0.2) is 0 Å². The first-order valence-electron chi connectivity index (χ1n) is 7.87. The molecular weight excluding hydrogens is 222 g/mol. The van der Waals surface area contributed by atoms with Crippen molar-refractivity contribution in [1.29, 1.82) is 0 Å². The number of likely N-dealkylation sites (N-methyl/N-ethyl adjacent to an activating group) is 1. The van der Waals surface area contributed by atoms with Gasteiger partial charge in [0.15, 0.2) is 0 Å². The zero-order chi connectivity index (χ0) is 13.0. The van der Waals surface area contributed by atoms with Crippen LogP contribution in [0.5, 0.6) is 0 Å². The van der Waals surface area contributed by atoms with Gasteiger partial charge in [-0.1, -0.05) is 26.7 Å². The highest BCUT2D eigenvalue weighted by Crippen LogP contribution is 2.26. The lowest BCUT2D eigenvalue weighted by Gasteiger charge is -2.44. The van der Waals surface area contributed by atoms with Crippen molar-refractivity contribution in [3.63, 3.8) is 0 Å². The summed E-state index contributed by atoms with van der Waals surface area (Å²) in [5, 5.41) is 7.27. The molecule has 2 fully saturated rings. The van der Waals surface area contributed by atoms with Crippen LogP contribution in [0, 0.1) is 0 Å². The van der Waals surface area contributed by atoms with Crippen LogP contribution in [0.25, 0.3) is 0 Å². The Morgan fingerprint density at radius 2 is 1.72 bits per heavy atom. The number of hydrogen-bond donors (Lipinski definition) is 2. The minimum Gasteiger partial charge on any atom is -0.317 e. The van der Waals surface area contributed by atoms with Crippen LogP contribution in [0.2, 0.25) is 0 Å². The average Bonchev–Trinajstić information content (AvgIpc) is 2.39. The second-order valence-electron chi connectivity index (χ2n) is 6.43. The predicted molar refractivity (Wildman–Crippen MR) is 78.0 cm³/mol. The molecule has 1 saturated carbocycles. The normalized spacial score (nSPS) is 31.2. The monoisotopic (exact) mass is 253 g/mol. The van der Waals surface area contributed by atoms with Crippen molar-refractivity contribution in [1.82, 2.24) is 15.5 Å². The lowest BCUT2D eigenvalue weighted by Crippen LogP contribution is -2.56. The number of nitrogens with zero attached hydrogens (tertiary/aromatic N) is 1. The van der Waals surface area contributed by atoms with Crippen molar-refractivity contribution in [2.24, 2.45) is 0 Å². The van der Waals surface area contributed by atoms with Crippen LogP contribution in [0.1, 0.15) is 52.4 Å². The van der Waals surface area contributed by atoms with E-state index < -0.39 is 0 Å². The average molecular weight is 253 g/mol. The SMILES string of the molecule is CC(C)N[C@H]1CCCC[C@@H]1N(C)C1CCNCC1. The van der Waals surface area contributed by atoms with Gasteiger partial charge in [0.1, 0.15) is 0 Å². The summed E-state index contributed by atoms with van der Waals surface area (Å²) in [6.45, 7) is 6.94. The van der Waals surface area contributed by atoms with E-state index in [0.29, 0.717) is 12.1 Å². The highest BCUT2D eigenvalue weighted by atomic mass is 15.2. The number of hydrogen-bond acceptors (Lipinski definition) is 3. The Morgan fingerprint density at radius 3 is 2.39 bits per heavy atom. The minimum absolute atomic E-state index is 0.608. The summed E-state index contributed by atoms with van der Waals surface area (Å²) in [6, 6.07) is 2.87. The third kappa shape index (κ3) is 3.69. The maximum Gasteiger partial charge on any atom is 0.0249 e. The highest BCUT2D eigenvalue weighted by molar-refractivity contribution is 4.91. The highest BCUT2D eigenvalue weighted by Gasteiger charge is 2.32. The second-order valence-corrected chi connectivity index (χ2v) is 6.43. The maximum atomic E-state index is 3.79. The van der Waals surface area contributed by atoms with Crippen molar-refractivity contribution in [3.05, 3.63) is 0 Å². The molecule has 106 valence electrons. The lowest BCUT2D eigenvalue weighted by atomic mass is 9.87. The first-order chi connectivity index (χ1) is 8.68. The van der Waals surface area contributed by atoms with Crippen LogP contribution in [0.15, 0.2) is 0 Å². The summed E-state index contributed by atoms with van der Waals surface area (Å²) in [5.41, 5.74) is 0. The number of piperidine rings is 1. The van der Waals surface area contributed by atoms with Crippen molar-refractivity contribution >= 4 is 0 Å². The van der Waals surface area contributed by atoms with Crippen LogP contribution >= 0.6 is 0 Å². The Bertz CT molecular complexity index is 236. The Balaban J connectivity index is 1.93. The fraction of sp³-hybridized carbons (Fsp3) is 1.00.